The first-order valence-corrected chi connectivity index (χ1v) is 8.13. The summed E-state index contributed by atoms with van der Waals surface area (Å²) in [7, 11) is 0. The summed E-state index contributed by atoms with van der Waals surface area (Å²) in [6.45, 7) is 5.71. The molecule has 2 N–H and O–H groups in total. The molecule has 1 aliphatic rings. The number of carboxylic acid groups (broad SMARTS) is 1. The largest absolute Gasteiger partial charge is 0.480 e. The van der Waals surface area contributed by atoms with E-state index >= 15 is 0 Å². The van der Waals surface area contributed by atoms with Gasteiger partial charge in [-0.05, 0) is 25.2 Å². The van der Waals surface area contributed by atoms with E-state index in [2.05, 4.69) is 5.32 Å². The van der Waals surface area contributed by atoms with E-state index in [1.807, 2.05) is 26.0 Å². The zero-order chi connectivity index (χ0) is 16.7. The average Bonchev–Trinajstić information content (AvgIpc) is 2.85. The minimum atomic E-state index is -1.02. The van der Waals surface area contributed by atoms with Crippen molar-refractivity contribution in [2.24, 2.45) is 17.8 Å². The lowest BCUT2D eigenvalue weighted by Gasteiger charge is -2.23. The number of Topliss-reactive ketones (excluding diaryl/α,β-unsaturated/α-hetero) is 1. The molecule has 0 radical (unpaired) electrons. The molecule has 0 aliphatic heterocycles. The van der Waals surface area contributed by atoms with E-state index < -0.39 is 17.9 Å². The molecule has 1 amide bonds. The van der Waals surface area contributed by atoms with Crippen LogP contribution in [0.5, 0.6) is 0 Å². The second-order valence-corrected chi connectivity index (χ2v) is 6.04. The molecule has 0 aromatic carbocycles. The lowest BCUT2D eigenvalue weighted by molar-refractivity contribution is -0.144. The molecule has 1 fully saturated rings. The summed E-state index contributed by atoms with van der Waals surface area (Å²) in [6.07, 6.45) is 6.98. The second-order valence-electron chi connectivity index (χ2n) is 6.04. The van der Waals surface area contributed by atoms with Gasteiger partial charge >= 0.3 is 5.97 Å². The van der Waals surface area contributed by atoms with Gasteiger partial charge in [-0.3, -0.25) is 9.59 Å². The number of ketones is 1. The SMILES string of the molecule is CC/C=C\C[C@@H]1C(=O)CC[C@@H]1C(=O)N[C@H](C(=O)O)[C@@H](C)CC. The Morgan fingerprint density at radius 3 is 2.59 bits per heavy atom. The van der Waals surface area contributed by atoms with Crippen LogP contribution in [0.1, 0.15) is 52.9 Å². The minimum absolute atomic E-state index is 0.108. The van der Waals surface area contributed by atoms with Crippen LogP contribution >= 0.6 is 0 Å². The zero-order valence-corrected chi connectivity index (χ0v) is 13.7. The Bertz CT molecular complexity index is 444. The molecule has 0 spiro atoms. The Morgan fingerprint density at radius 1 is 1.36 bits per heavy atom. The molecule has 5 heteroatoms. The fraction of sp³-hybridized carbons (Fsp3) is 0.706. The van der Waals surface area contributed by atoms with Crippen LogP contribution in [0.2, 0.25) is 0 Å². The third kappa shape index (κ3) is 4.68. The van der Waals surface area contributed by atoms with Crippen LogP contribution in [0.3, 0.4) is 0 Å². The van der Waals surface area contributed by atoms with Crippen molar-refractivity contribution in [3.63, 3.8) is 0 Å². The Labute approximate surface area is 132 Å². The van der Waals surface area contributed by atoms with Gasteiger partial charge in [0.25, 0.3) is 0 Å². The zero-order valence-electron chi connectivity index (χ0n) is 13.7. The third-order valence-corrected chi connectivity index (χ3v) is 4.51. The highest BCUT2D eigenvalue weighted by molar-refractivity contribution is 5.93. The molecule has 0 bridgehead atoms. The maximum Gasteiger partial charge on any atom is 0.326 e. The van der Waals surface area contributed by atoms with Crippen LogP contribution in [0, 0.1) is 17.8 Å². The molecule has 1 aliphatic carbocycles. The molecule has 1 rings (SSSR count). The second kappa shape index (κ2) is 8.71. The van der Waals surface area contributed by atoms with Crippen molar-refractivity contribution in [1.29, 1.82) is 0 Å². The summed E-state index contributed by atoms with van der Waals surface area (Å²) < 4.78 is 0. The number of allylic oxidation sites excluding steroid dienone is 2. The molecule has 4 atom stereocenters. The van der Waals surface area contributed by atoms with Crippen LogP contribution in [-0.4, -0.2) is 28.8 Å². The van der Waals surface area contributed by atoms with Crippen molar-refractivity contribution in [2.75, 3.05) is 0 Å². The highest BCUT2D eigenvalue weighted by atomic mass is 16.4. The van der Waals surface area contributed by atoms with Crippen LogP contribution in [0.15, 0.2) is 12.2 Å². The number of carbonyl (C=O) groups is 3. The number of carbonyl (C=O) groups excluding carboxylic acids is 2. The van der Waals surface area contributed by atoms with E-state index in [0.717, 1.165) is 6.42 Å². The van der Waals surface area contributed by atoms with Crippen LogP contribution < -0.4 is 5.32 Å². The summed E-state index contributed by atoms with van der Waals surface area (Å²) in [4.78, 5) is 35.7. The molecule has 0 saturated heterocycles. The Kier molecular flexibility index (Phi) is 7.28. The monoisotopic (exact) mass is 309 g/mol. The van der Waals surface area contributed by atoms with Crippen molar-refractivity contribution in [2.45, 2.75) is 58.9 Å². The van der Waals surface area contributed by atoms with Crippen molar-refractivity contribution < 1.29 is 19.5 Å². The van der Waals surface area contributed by atoms with E-state index in [1.54, 1.807) is 6.92 Å². The fourth-order valence-corrected chi connectivity index (χ4v) is 2.87. The number of rotatable bonds is 8. The third-order valence-electron chi connectivity index (χ3n) is 4.51. The van der Waals surface area contributed by atoms with Crippen LogP contribution in [0.4, 0.5) is 0 Å². The number of aliphatic carboxylic acids is 1. The lowest BCUT2D eigenvalue weighted by atomic mass is 9.90. The van der Waals surface area contributed by atoms with Crippen molar-refractivity contribution in [3.8, 4) is 0 Å². The molecular weight excluding hydrogens is 282 g/mol. The van der Waals surface area contributed by atoms with Gasteiger partial charge in [0.15, 0.2) is 0 Å². The first-order valence-electron chi connectivity index (χ1n) is 8.13. The predicted octanol–water partition coefficient (Wildman–Crippen LogP) is 2.55. The average molecular weight is 309 g/mol. The molecule has 0 aromatic rings. The quantitative estimate of drug-likeness (QED) is 0.675. The van der Waals surface area contributed by atoms with Crippen molar-refractivity contribution in [3.05, 3.63) is 12.2 Å². The first kappa shape index (κ1) is 18.4. The van der Waals surface area contributed by atoms with Gasteiger partial charge in [-0.1, -0.05) is 39.3 Å². The maximum atomic E-state index is 12.4. The number of carboxylic acids is 1. The molecule has 0 unspecified atom stereocenters. The summed E-state index contributed by atoms with van der Waals surface area (Å²) in [6, 6.07) is -0.889. The fourth-order valence-electron chi connectivity index (χ4n) is 2.87. The van der Waals surface area contributed by atoms with E-state index in [9.17, 15) is 19.5 Å². The van der Waals surface area contributed by atoms with Crippen LogP contribution in [0.25, 0.3) is 0 Å². The van der Waals surface area contributed by atoms with Gasteiger partial charge in [0, 0.05) is 18.3 Å². The van der Waals surface area contributed by atoms with Gasteiger partial charge in [0.1, 0.15) is 11.8 Å². The first-order chi connectivity index (χ1) is 10.4. The van der Waals surface area contributed by atoms with E-state index in [1.165, 1.54) is 0 Å². The topological polar surface area (TPSA) is 83.5 Å². The van der Waals surface area contributed by atoms with Gasteiger partial charge in [-0.2, -0.15) is 0 Å². The molecule has 22 heavy (non-hydrogen) atoms. The van der Waals surface area contributed by atoms with Gasteiger partial charge < -0.3 is 10.4 Å². The van der Waals surface area contributed by atoms with Crippen LogP contribution in [-0.2, 0) is 14.4 Å². The summed E-state index contributed by atoms with van der Waals surface area (Å²) in [5.41, 5.74) is 0. The van der Waals surface area contributed by atoms with Gasteiger partial charge in [0.05, 0.1) is 0 Å². The number of hydrogen-bond donors (Lipinski definition) is 2. The van der Waals surface area contributed by atoms with Crippen molar-refractivity contribution in [1.82, 2.24) is 5.32 Å². The number of amides is 1. The molecule has 5 nitrogen and oxygen atoms in total. The summed E-state index contributed by atoms with van der Waals surface area (Å²) in [5, 5.41) is 11.9. The van der Waals surface area contributed by atoms with E-state index in [0.29, 0.717) is 25.7 Å². The predicted molar refractivity (Wildman–Crippen MR) is 84.3 cm³/mol. The highest BCUT2D eigenvalue weighted by Crippen LogP contribution is 2.32. The van der Waals surface area contributed by atoms with E-state index in [4.69, 9.17) is 0 Å². The lowest BCUT2D eigenvalue weighted by Crippen LogP contribution is -2.48. The summed E-state index contributed by atoms with van der Waals surface area (Å²) >= 11 is 0. The molecule has 0 heterocycles. The van der Waals surface area contributed by atoms with E-state index in [-0.39, 0.29) is 23.5 Å². The molecule has 0 aromatic heterocycles. The Hall–Kier alpha value is -1.65. The van der Waals surface area contributed by atoms with Crippen molar-refractivity contribution >= 4 is 17.7 Å². The minimum Gasteiger partial charge on any atom is -0.480 e. The number of nitrogens with one attached hydrogen (secondary N) is 1. The highest BCUT2D eigenvalue weighted by Gasteiger charge is 2.40. The standard InChI is InChI=1S/C17H27NO4/c1-4-6-7-8-12-13(9-10-14(12)19)16(20)18-15(17(21)22)11(3)5-2/h6-7,11-13,15H,4-5,8-10H2,1-3H3,(H,18,20)(H,21,22)/b7-6-/t11-,12-,13-,15-/m0/s1. The van der Waals surface area contributed by atoms with Gasteiger partial charge in [0.2, 0.25) is 5.91 Å². The smallest absolute Gasteiger partial charge is 0.326 e. The number of hydrogen-bond acceptors (Lipinski definition) is 3. The molecule has 124 valence electrons. The normalized spacial score (nSPS) is 24.4. The maximum absolute atomic E-state index is 12.4. The van der Waals surface area contributed by atoms with Gasteiger partial charge in [-0.15, -0.1) is 0 Å². The Morgan fingerprint density at radius 2 is 2.05 bits per heavy atom. The molecular formula is C17H27NO4. The van der Waals surface area contributed by atoms with Gasteiger partial charge in [-0.25, -0.2) is 4.79 Å². The molecule has 1 saturated carbocycles. The Balaban J connectivity index is 2.75. The summed E-state index contributed by atoms with van der Waals surface area (Å²) in [5.74, 6) is -2.06.